The number of anilines is 1. The summed E-state index contributed by atoms with van der Waals surface area (Å²) in [6, 6.07) is 4.77. The number of carbonyl (C=O) groups excluding carboxylic acids is 1. The predicted octanol–water partition coefficient (Wildman–Crippen LogP) is 4.48. The molecule has 198 valence electrons. The fraction of sp³-hybridized carbons (Fsp3) is 0.423. The van der Waals surface area contributed by atoms with Crippen LogP contribution in [0, 0.1) is 41.1 Å². The van der Waals surface area contributed by atoms with E-state index in [4.69, 9.17) is 11.6 Å². The molecule has 11 heteroatoms. The summed E-state index contributed by atoms with van der Waals surface area (Å²) in [7, 11) is -4.05. The summed E-state index contributed by atoms with van der Waals surface area (Å²) < 4.78 is 67.4. The average molecular weight is 556 g/mol. The molecule has 0 aliphatic heterocycles. The van der Waals surface area contributed by atoms with Crippen LogP contribution >= 0.6 is 11.6 Å². The summed E-state index contributed by atoms with van der Waals surface area (Å²) in [5.74, 6) is -0.950. The van der Waals surface area contributed by atoms with Gasteiger partial charge in [-0.3, -0.25) is 4.79 Å². The highest BCUT2D eigenvalue weighted by Gasteiger charge is 2.55. The smallest absolute Gasteiger partial charge is 0.255 e. The Morgan fingerprint density at radius 2 is 1.68 bits per heavy atom. The van der Waals surface area contributed by atoms with Gasteiger partial charge in [-0.25, -0.2) is 21.6 Å². The Hall–Kier alpha value is -2.58. The van der Waals surface area contributed by atoms with E-state index in [9.17, 15) is 36.6 Å². The lowest BCUT2D eigenvalue weighted by atomic mass is 9.74. The number of carbonyl (C=O) groups is 1. The van der Waals surface area contributed by atoms with Crippen LogP contribution in [0.25, 0.3) is 0 Å². The van der Waals surface area contributed by atoms with Crippen molar-refractivity contribution >= 4 is 33.0 Å². The van der Waals surface area contributed by atoms with E-state index in [1.807, 2.05) is 0 Å². The molecule has 0 radical (unpaired) electrons. The van der Waals surface area contributed by atoms with Crippen LogP contribution in [0.2, 0.25) is 5.02 Å². The van der Waals surface area contributed by atoms with Crippen molar-refractivity contribution in [3.8, 4) is 11.8 Å². The lowest BCUT2D eigenvalue weighted by Gasteiger charge is -2.39. The molecule has 1 amide bonds. The molecule has 37 heavy (non-hydrogen) atoms. The summed E-state index contributed by atoms with van der Waals surface area (Å²) in [4.78, 5) is 12.4. The third-order valence-corrected chi connectivity index (χ3v) is 9.61. The normalized spacial score (nSPS) is 25.4. The van der Waals surface area contributed by atoms with Gasteiger partial charge in [0.25, 0.3) is 5.91 Å². The molecule has 2 fully saturated rings. The van der Waals surface area contributed by atoms with Crippen LogP contribution in [0.3, 0.4) is 0 Å². The van der Waals surface area contributed by atoms with E-state index in [0.717, 1.165) is 6.07 Å². The monoisotopic (exact) mass is 555 g/mol. The maximum absolute atomic E-state index is 13.6. The van der Waals surface area contributed by atoms with Gasteiger partial charge in [-0.05, 0) is 57.7 Å². The highest BCUT2D eigenvalue weighted by Crippen LogP contribution is 2.52. The summed E-state index contributed by atoms with van der Waals surface area (Å²) in [6.45, 7) is 2.99. The molecule has 6 nitrogen and oxygen atoms in total. The van der Waals surface area contributed by atoms with Crippen molar-refractivity contribution in [3.63, 3.8) is 0 Å². The Labute approximate surface area is 217 Å². The number of fused-ring (bicyclic) bond motifs is 2. The molecule has 0 saturated heterocycles. The van der Waals surface area contributed by atoms with Crippen molar-refractivity contribution in [1.82, 2.24) is 0 Å². The third-order valence-electron chi connectivity index (χ3n) is 6.95. The van der Waals surface area contributed by atoms with Gasteiger partial charge >= 0.3 is 0 Å². The highest BCUT2D eigenvalue weighted by molar-refractivity contribution is 7.92. The molecule has 0 heterocycles. The van der Waals surface area contributed by atoms with Gasteiger partial charge in [0.1, 0.15) is 11.2 Å². The first kappa shape index (κ1) is 27.5. The topological polar surface area (TPSA) is 104 Å². The van der Waals surface area contributed by atoms with E-state index < -0.39 is 61.5 Å². The van der Waals surface area contributed by atoms with Crippen molar-refractivity contribution in [2.45, 2.75) is 60.9 Å². The van der Waals surface area contributed by atoms with Crippen LogP contribution in [0.1, 0.15) is 49.9 Å². The molecule has 0 aromatic heterocycles. The van der Waals surface area contributed by atoms with E-state index in [-0.39, 0.29) is 34.0 Å². The zero-order chi connectivity index (χ0) is 27.3. The molecular weight excluding hydrogens is 531 g/mol. The van der Waals surface area contributed by atoms with Gasteiger partial charge in [0, 0.05) is 35.2 Å². The fourth-order valence-electron chi connectivity index (χ4n) is 5.09. The first-order chi connectivity index (χ1) is 17.1. The number of sulfone groups is 1. The second-order valence-electron chi connectivity index (χ2n) is 10.1. The van der Waals surface area contributed by atoms with Crippen LogP contribution in [0.4, 0.5) is 18.9 Å². The second kappa shape index (κ2) is 9.62. The number of amides is 1. The van der Waals surface area contributed by atoms with E-state index in [2.05, 4.69) is 17.2 Å². The maximum atomic E-state index is 13.6. The molecule has 3 N–H and O–H groups in total. The van der Waals surface area contributed by atoms with Gasteiger partial charge in [0.15, 0.2) is 27.3 Å². The summed E-state index contributed by atoms with van der Waals surface area (Å²) in [6.07, 6.45) is 1.40. The van der Waals surface area contributed by atoms with Crippen LogP contribution in [-0.4, -0.2) is 41.0 Å². The number of hydrogen-bond acceptors (Lipinski definition) is 5. The zero-order valence-corrected chi connectivity index (χ0v) is 21.6. The Bertz CT molecular complexity index is 1390. The van der Waals surface area contributed by atoms with Crippen molar-refractivity contribution in [2.24, 2.45) is 11.8 Å². The van der Waals surface area contributed by atoms with Gasteiger partial charge in [-0.2, -0.15) is 0 Å². The van der Waals surface area contributed by atoms with Crippen LogP contribution in [-0.2, 0) is 9.84 Å². The molecule has 4 rings (SSSR count). The molecule has 2 aromatic rings. The van der Waals surface area contributed by atoms with E-state index in [0.29, 0.717) is 25.0 Å². The Morgan fingerprint density at radius 3 is 2.22 bits per heavy atom. The van der Waals surface area contributed by atoms with Gasteiger partial charge in [0.05, 0.1) is 15.2 Å². The summed E-state index contributed by atoms with van der Waals surface area (Å²) >= 11 is 6.22. The molecular formula is C26H25ClF3NO5S. The molecule has 2 aromatic carbocycles. The number of nitrogens with one attached hydrogen (secondary N) is 1. The fourth-order valence-corrected chi connectivity index (χ4v) is 7.49. The van der Waals surface area contributed by atoms with Crippen molar-refractivity contribution in [2.75, 3.05) is 5.32 Å². The lowest BCUT2D eigenvalue weighted by Crippen LogP contribution is -2.47. The van der Waals surface area contributed by atoms with Gasteiger partial charge in [-0.1, -0.05) is 23.4 Å². The third kappa shape index (κ3) is 5.36. The molecule has 2 aliphatic rings. The maximum Gasteiger partial charge on any atom is 0.255 e. The highest BCUT2D eigenvalue weighted by atomic mass is 35.5. The van der Waals surface area contributed by atoms with E-state index >= 15 is 0 Å². The molecule has 2 saturated carbocycles. The first-order valence-corrected chi connectivity index (χ1v) is 13.5. The van der Waals surface area contributed by atoms with Crippen molar-refractivity contribution in [1.29, 1.82) is 0 Å². The summed E-state index contributed by atoms with van der Waals surface area (Å²) in [5.41, 5.74) is -3.20. The zero-order valence-electron chi connectivity index (χ0n) is 20.0. The number of aliphatic hydroxyl groups is 2. The molecule has 0 spiro atoms. The van der Waals surface area contributed by atoms with Gasteiger partial charge < -0.3 is 15.5 Å². The molecule has 2 bridgehead atoms. The quantitative estimate of drug-likeness (QED) is 0.381. The van der Waals surface area contributed by atoms with Gasteiger partial charge in [0.2, 0.25) is 0 Å². The van der Waals surface area contributed by atoms with Crippen LogP contribution in [0.15, 0.2) is 35.2 Å². The Balaban J connectivity index is 1.59. The Kier molecular flexibility index (Phi) is 7.14. The average Bonchev–Trinajstić information content (AvgIpc) is 2.97. The number of halogens is 4. The molecule has 2 aliphatic carbocycles. The van der Waals surface area contributed by atoms with Crippen LogP contribution in [0.5, 0.6) is 0 Å². The number of hydrogen-bond donors (Lipinski definition) is 3. The van der Waals surface area contributed by atoms with Gasteiger partial charge in [-0.15, -0.1) is 0 Å². The lowest BCUT2D eigenvalue weighted by molar-refractivity contribution is -0.00581. The SMILES string of the molecule is CC(C)(O)C#CC1(O)C2CCC1CC(S(=O)(=O)c1cc(C(=O)Nc3cc(F)c(F)c(F)c3)ccc1Cl)C2. The minimum absolute atomic E-state index is 0.106. The largest absolute Gasteiger partial charge is 0.378 e. The second-order valence-corrected chi connectivity index (χ2v) is 12.7. The first-order valence-electron chi connectivity index (χ1n) is 11.6. The van der Waals surface area contributed by atoms with Crippen molar-refractivity contribution in [3.05, 3.63) is 58.4 Å². The number of benzene rings is 2. The number of rotatable bonds is 4. The standard InChI is InChI=1S/C26H25ClF3NO5S/c1-25(2,33)7-8-26(34)15-4-5-16(26)11-18(10-15)37(35,36)22-9-14(3-6-19(22)27)24(32)31-17-12-20(28)23(30)21(29)13-17/h3,6,9,12-13,15-16,18,33-34H,4-5,10-11H2,1-2H3,(H,31,32). The van der Waals surface area contributed by atoms with E-state index in [1.54, 1.807) is 0 Å². The van der Waals surface area contributed by atoms with E-state index in [1.165, 1.54) is 26.0 Å². The minimum atomic E-state index is -4.05. The summed E-state index contributed by atoms with van der Waals surface area (Å²) in [5, 5.41) is 22.4. The molecule has 2 unspecified atom stereocenters. The van der Waals surface area contributed by atoms with Crippen molar-refractivity contribution < 1.29 is 36.6 Å². The molecule has 2 atom stereocenters. The van der Waals surface area contributed by atoms with Crippen LogP contribution < -0.4 is 5.32 Å². The Morgan fingerprint density at radius 1 is 1.11 bits per heavy atom. The minimum Gasteiger partial charge on any atom is -0.378 e. The predicted molar refractivity (Wildman–Crippen MR) is 131 cm³/mol.